The summed E-state index contributed by atoms with van der Waals surface area (Å²) in [5.74, 6) is -0.332. The van der Waals surface area contributed by atoms with Crippen LogP contribution in [0.4, 0.5) is 13.2 Å². The van der Waals surface area contributed by atoms with Crippen LogP contribution in [0.15, 0.2) is 16.7 Å². The molecule has 0 aliphatic carbocycles. The molecule has 2 aromatic heterocycles. The molecule has 5 nitrogen and oxygen atoms in total. The van der Waals surface area contributed by atoms with Gasteiger partial charge in [0.05, 0.1) is 17.8 Å². The Morgan fingerprint density at radius 1 is 1.18 bits per heavy atom. The average molecular weight is 380 g/mol. The van der Waals surface area contributed by atoms with Crippen LogP contribution in [-0.4, -0.2) is 19.9 Å². The Bertz CT molecular complexity index is 688. The summed E-state index contributed by atoms with van der Waals surface area (Å²) in [6, 6.07) is 2.14. The van der Waals surface area contributed by atoms with Gasteiger partial charge in [-0.1, -0.05) is 0 Å². The lowest BCUT2D eigenvalue weighted by Gasteiger charge is -2.12. The number of hydrogen-bond acceptors (Lipinski definition) is 4. The van der Waals surface area contributed by atoms with E-state index in [0.717, 1.165) is 10.7 Å². The molecule has 3 N–H and O–H groups in total. The summed E-state index contributed by atoms with van der Waals surface area (Å²) in [6.07, 6.45) is -4.48. The summed E-state index contributed by atoms with van der Waals surface area (Å²) in [6.45, 7) is 3.29. The highest BCUT2D eigenvalue weighted by molar-refractivity contribution is 9.10. The second kappa shape index (κ2) is 5.71. The summed E-state index contributed by atoms with van der Waals surface area (Å²) in [5, 5.41) is 19.7. The minimum absolute atomic E-state index is 0.0193. The first kappa shape index (κ1) is 16.5. The summed E-state index contributed by atoms with van der Waals surface area (Å²) in [5.41, 5.74) is 3.15. The molecule has 0 saturated carbocycles. The van der Waals surface area contributed by atoms with Gasteiger partial charge in [-0.3, -0.25) is 0 Å². The number of nitrogens with one attached hydrogen (secondary N) is 1. The Morgan fingerprint density at radius 3 is 2.18 bits per heavy atom. The molecule has 0 unspecified atom stereocenters. The maximum atomic E-state index is 12.6. The van der Waals surface area contributed by atoms with Gasteiger partial charge in [-0.05, 0) is 41.9 Å². The molecule has 2 heterocycles. The lowest BCUT2D eigenvalue weighted by molar-refractivity contribution is -0.138. The Hall–Kier alpha value is -1.90. The van der Waals surface area contributed by atoms with Crippen LogP contribution in [0.2, 0.25) is 0 Å². The first-order valence-electron chi connectivity index (χ1n) is 6.19. The van der Waals surface area contributed by atoms with Gasteiger partial charge in [-0.2, -0.15) is 17.8 Å². The minimum atomic E-state index is -4.48. The van der Waals surface area contributed by atoms with E-state index in [0.29, 0.717) is 16.8 Å². The van der Waals surface area contributed by atoms with E-state index in [-0.39, 0.29) is 22.9 Å². The first-order valence-corrected chi connectivity index (χ1v) is 6.98. The van der Waals surface area contributed by atoms with Gasteiger partial charge in [0.25, 0.3) is 0 Å². The van der Waals surface area contributed by atoms with E-state index in [2.05, 4.69) is 26.3 Å². The average Bonchev–Trinajstić information content (AvgIpc) is 2.60. The molecule has 0 fully saturated rings. The highest BCUT2D eigenvalue weighted by Crippen LogP contribution is 2.34. The zero-order valence-corrected chi connectivity index (χ0v) is 13.2. The molecule has 0 atom stereocenters. The molecular weight excluding hydrogens is 367 g/mol. The highest BCUT2D eigenvalue weighted by Gasteiger charge is 2.33. The molecule has 9 heteroatoms. The lowest BCUT2D eigenvalue weighted by atomic mass is 10.2. The molecular formula is C13H13BrF3N3O2. The fourth-order valence-corrected chi connectivity index (χ4v) is 2.45. The number of aromatic nitrogens is 2. The Morgan fingerprint density at radius 2 is 1.73 bits per heavy atom. The van der Waals surface area contributed by atoms with Crippen molar-refractivity contribution in [2.75, 3.05) is 5.43 Å². The van der Waals surface area contributed by atoms with Gasteiger partial charge in [0.2, 0.25) is 11.8 Å². The maximum Gasteiger partial charge on any atom is 0.419 e. The zero-order valence-electron chi connectivity index (χ0n) is 11.7. The van der Waals surface area contributed by atoms with Crippen LogP contribution in [0.5, 0.6) is 11.8 Å². The van der Waals surface area contributed by atoms with Gasteiger partial charge in [-0.25, -0.2) is 4.98 Å². The smallest absolute Gasteiger partial charge is 0.419 e. The predicted molar refractivity (Wildman–Crippen MR) is 77.2 cm³/mol. The third-order valence-electron chi connectivity index (χ3n) is 3.29. The van der Waals surface area contributed by atoms with Crippen molar-refractivity contribution in [2.45, 2.75) is 26.6 Å². The molecule has 0 amide bonds. The van der Waals surface area contributed by atoms with Crippen molar-refractivity contribution < 1.29 is 23.4 Å². The standard InChI is InChI=1S/C13H13BrF3N3O2/c1-6-7(2)12(22)20(11(6)21)18-5-8-3-4-9(10(14)19-8)13(15,16)17/h3-4,18,21-22H,5H2,1-2H3. The second-order valence-electron chi connectivity index (χ2n) is 4.71. The minimum Gasteiger partial charge on any atom is -0.493 e. The lowest BCUT2D eigenvalue weighted by Crippen LogP contribution is -2.15. The van der Waals surface area contributed by atoms with E-state index in [9.17, 15) is 23.4 Å². The maximum absolute atomic E-state index is 12.6. The van der Waals surface area contributed by atoms with E-state index in [1.807, 2.05) is 0 Å². The quantitative estimate of drug-likeness (QED) is 0.714. The van der Waals surface area contributed by atoms with Crippen LogP contribution in [-0.2, 0) is 12.7 Å². The van der Waals surface area contributed by atoms with Crippen LogP contribution < -0.4 is 5.43 Å². The zero-order chi connectivity index (χ0) is 16.7. The van der Waals surface area contributed by atoms with Crippen molar-refractivity contribution in [3.63, 3.8) is 0 Å². The van der Waals surface area contributed by atoms with Crippen LogP contribution in [0.1, 0.15) is 22.4 Å². The summed E-state index contributed by atoms with van der Waals surface area (Å²) >= 11 is 2.79. The van der Waals surface area contributed by atoms with Crippen molar-refractivity contribution >= 4 is 15.9 Å². The molecule has 0 aliphatic heterocycles. The fourth-order valence-electron chi connectivity index (χ4n) is 1.86. The van der Waals surface area contributed by atoms with Gasteiger partial charge in [0.1, 0.15) is 4.60 Å². The number of alkyl halides is 3. The molecule has 0 spiro atoms. The van der Waals surface area contributed by atoms with Crippen LogP contribution in [0, 0.1) is 13.8 Å². The van der Waals surface area contributed by atoms with E-state index >= 15 is 0 Å². The van der Waals surface area contributed by atoms with E-state index in [4.69, 9.17) is 0 Å². The van der Waals surface area contributed by atoms with Crippen molar-refractivity contribution in [3.05, 3.63) is 39.1 Å². The molecule has 0 bridgehead atoms. The number of hydrogen-bond donors (Lipinski definition) is 3. The highest BCUT2D eigenvalue weighted by atomic mass is 79.9. The Kier molecular flexibility index (Phi) is 4.28. The molecule has 2 aromatic rings. The van der Waals surface area contributed by atoms with E-state index in [1.165, 1.54) is 6.07 Å². The first-order chi connectivity index (χ1) is 10.1. The van der Waals surface area contributed by atoms with Gasteiger partial charge >= 0.3 is 6.18 Å². The van der Waals surface area contributed by atoms with Crippen molar-refractivity contribution in [1.82, 2.24) is 9.66 Å². The van der Waals surface area contributed by atoms with Crippen LogP contribution >= 0.6 is 15.9 Å². The van der Waals surface area contributed by atoms with Gasteiger partial charge in [0.15, 0.2) is 0 Å². The van der Waals surface area contributed by atoms with Crippen molar-refractivity contribution in [3.8, 4) is 11.8 Å². The Labute approximate surface area is 132 Å². The second-order valence-corrected chi connectivity index (χ2v) is 5.46. The van der Waals surface area contributed by atoms with Gasteiger partial charge < -0.3 is 15.6 Å². The number of rotatable bonds is 3. The molecule has 22 heavy (non-hydrogen) atoms. The molecule has 0 aromatic carbocycles. The fraction of sp³-hybridized carbons (Fsp3) is 0.308. The largest absolute Gasteiger partial charge is 0.493 e. The SMILES string of the molecule is Cc1c(C)c(O)n(NCc2ccc(C(F)(F)F)c(Br)n2)c1O. The van der Waals surface area contributed by atoms with Gasteiger partial charge in [-0.15, -0.1) is 0 Å². The number of halogens is 4. The monoisotopic (exact) mass is 379 g/mol. The topological polar surface area (TPSA) is 70.3 Å². The molecule has 0 aliphatic rings. The number of nitrogens with zero attached hydrogens (tertiary/aromatic N) is 2. The van der Waals surface area contributed by atoms with Crippen molar-refractivity contribution in [2.24, 2.45) is 0 Å². The molecule has 0 saturated heterocycles. The number of pyridine rings is 1. The van der Waals surface area contributed by atoms with Gasteiger partial charge in [0, 0.05) is 11.1 Å². The van der Waals surface area contributed by atoms with E-state index in [1.54, 1.807) is 13.8 Å². The Balaban J connectivity index is 2.20. The normalized spacial score (nSPS) is 11.7. The van der Waals surface area contributed by atoms with Crippen molar-refractivity contribution in [1.29, 1.82) is 0 Å². The molecule has 2 rings (SSSR count). The predicted octanol–water partition coefficient (Wildman–Crippen LogP) is 3.44. The molecule has 0 radical (unpaired) electrons. The third kappa shape index (κ3) is 2.99. The third-order valence-corrected chi connectivity index (χ3v) is 3.89. The summed E-state index contributed by atoms with van der Waals surface area (Å²) < 4.78 is 38.6. The molecule has 120 valence electrons. The van der Waals surface area contributed by atoms with E-state index < -0.39 is 11.7 Å². The summed E-state index contributed by atoms with van der Waals surface area (Å²) in [4.78, 5) is 3.80. The summed E-state index contributed by atoms with van der Waals surface area (Å²) in [7, 11) is 0. The number of aromatic hydroxyl groups is 2. The van der Waals surface area contributed by atoms with Crippen LogP contribution in [0.25, 0.3) is 0 Å². The van der Waals surface area contributed by atoms with Crippen LogP contribution in [0.3, 0.4) is 0 Å².